The van der Waals surface area contributed by atoms with E-state index in [2.05, 4.69) is 25.6 Å². The van der Waals surface area contributed by atoms with Gasteiger partial charge in [-0.05, 0) is 53.8 Å². The molecule has 0 heterocycles. The zero-order chi connectivity index (χ0) is 14.3. The van der Waals surface area contributed by atoms with Crippen LogP contribution in [0.25, 0.3) is 11.1 Å². The van der Waals surface area contributed by atoms with Crippen LogP contribution in [-0.2, 0) is 6.42 Å². The van der Waals surface area contributed by atoms with Crippen LogP contribution in [-0.4, -0.2) is 12.2 Å². The molecular formula is C18H18O2. The fourth-order valence-electron chi connectivity index (χ4n) is 3.10. The van der Waals surface area contributed by atoms with Crippen molar-refractivity contribution in [3.63, 3.8) is 0 Å². The molecule has 0 spiro atoms. The summed E-state index contributed by atoms with van der Waals surface area (Å²) in [6, 6.07) is 9.88. The van der Waals surface area contributed by atoms with Gasteiger partial charge in [-0.25, -0.2) is 0 Å². The number of aryl methyl sites for hydroxylation is 1. The molecule has 1 N–H and O–H groups in total. The first kappa shape index (κ1) is 12.8. The van der Waals surface area contributed by atoms with Crippen molar-refractivity contribution in [2.24, 2.45) is 0 Å². The molecule has 2 nitrogen and oxygen atoms in total. The molecule has 2 heteroatoms. The normalized spacial score (nSPS) is 16.2. The third kappa shape index (κ3) is 1.80. The number of methoxy groups -OCH3 is 1. The van der Waals surface area contributed by atoms with Crippen LogP contribution >= 0.6 is 0 Å². The van der Waals surface area contributed by atoms with E-state index < -0.39 is 0 Å². The first-order chi connectivity index (χ1) is 9.65. The maximum absolute atomic E-state index is 10.2. The van der Waals surface area contributed by atoms with Gasteiger partial charge in [0.2, 0.25) is 0 Å². The maximum atomic E-state index is 10.2. The molecular weight excluding hydrogens is 248 g/mol. The summed E-state index contributed by atoms with van der Waals surface area (Å²) in [4.78, 5) is 0. The molecule has 20 heavy (non-hydrogen) atoms. The molecule has 0 aromatic heterocycles. The molecule has 3 rings (SSSR count). The van der Waals surface area contributed by atoms with Crippen molar-refractivity contribution in [3.8, 4) is 22.6 Å². The summed E-state index contributed by atoms with van der Waals surface area (Å²) in [5.41, 5.74) is 5.75. The predicted molar refractivity (Wildman–Crippen MR) is 81.5 cm³/mol. The lowest BCUT2D eigenvalue weighted by atomic mass is 9.76. The van der Waals surface area contributed by atoms with Gasteiger partial charge in [0.15, 0.2) is 0 Å². The van der Waals surface area contributed by atoms with Gasteiger partial charge in [0.25, 0.3) is 0 Å². The zero-order valence-corrected chi connectivity index (χ0v) is 11.8. The number of benzene rings is 2. The van der Waals surface area contributed by atoms with Gasteiger partial charge < -0.3 is 9.84 Å². The summed E-state index contributed by atoms with van der Waals surface area (Å²) in [7, 11) is 1.68. The van der Waals surface area contributed by atoms with E-state index in [0.717, 1.165) is 23.3 Å². The number of rotatable bonds is 2. The average molecular weight is 266 g/mol. The van der Waals surface area contributed by atoms with Crippen molar-refractivity contribution >= 4 is 0 Å². The topological polar surface area (TPSA) is 29.5 Å². The van der Waals surface area contributed by atoms with Crippen molar-refractivity contribution in [2.45, 2.75) is 19.3 Å². The second-order valence-electron chi connectivity index (χ2n) is 5.26. The van der Waals surface area contributed by atoms with Crippen LogP contribution in [0.3, 0.4) is 0 Å². The fraction of sp³-hybridized carbons (Fsp3) is 0.222. The average Bonchev–Trinajstić information content (AvgIpc) is 2.48. The third-order valence-corrected chi connectivity index (χ3v) is 4.11. The minimum atomic E-state index is 0.143. The molecule has 1 aliphatic carbocycles. The van der Waals surface area contributed by atoms with Crippen LogP contribution < -0.4 is 4.74 Å². The number of fused-ring (bicyclic) bond motifs is 3. The maximum Gasteiger partial charge on any atom is 0.120 e. The van der Waals surface area contributed by atoms with Crippen molar-refractivity contribution in [1.82, 2.24) is 0 Å². The van der Waals surface area contributed by atoms with Crippen molar-refractivity contribution < 1.29 is 9.84 Å². The Kier molecular flexibility index (Phi) is 3.01. The molecule has 0 radical (unpaired) electrons. The molecule has 1 aliphatic rings. The quantitative estimate of drug-likeness (QED) is 0.825. The summed E-state index contributed by atoms with van der Waals surface area (Å²) >= 11 is 0. The van der Waals surface area contributed by atoms with Gasteiger partial charge in [0, 0.05) is 11.5 Å². The number of aromatic hydroxyl groups is 1. The van der Waals surface area contributed by atoms with Gasteiger partial charge in [-0.1, -0.05) is 18.2 Å². The molecule has 2 aromatic carbocycles. The van der Waals surface area contributed by atoms with E-state index in [1.54, 1.807) is 13.2 Å². The Bertz CT molecular complexity index is 686. The lowest BCUT2D eigenvalue weighted by Gasteiger charge is -2.28. The van der Waals surface area contributed by atoms with Crippen LogP contribution in [0.2, 0.25) is 0 Å². The van der Waals surface area contributed by atoms with Crippen molar-refractivity contribution in [3.05, 3.63) is 59.7 Å². The van der Waals surface area contributed by atoms with E-state index in [-0.39, 0.29) is 5.92 Å². The number of ether oxygens (including phenoxy) is 1. The Morgan fingerprint density at radius 1 is 1.30 bits per heavy atom. The summed E-state index contributed by atoms with van der Waals surface area (Å²) < 4.78 is 5.32. The Morgan fingerprint density at radius 3 is 2.80 bits per heavy atom. The Labute approximate surface area is 119 Å². The molecule has 0 amide bonds. The van der Waals surface area contributed by atoms with E-state index in [0.29, 0.717) is 5.75 Å². The number of phenolic OH excluding ortho intramolecular Hbond substituents is 1. The van der Waals surface area contributed by atoms with Gasteiger partial charge >= 0.3 is 0 Å². The van der Waals surface area contributed by atoms with Crippen LogP contribution in [0.1, 0.15) is 22.6 Å². The Morgan fingerprint density at radius 2 is 2.10 bits per heavy atom. The van der Waals surface area contributed by atoms with E-state index >= 15 is 0 Å². The summed E-state index contributed by atoms with van der Waals surface area (Å²) in [5, 5.41) is 10.2. The second-order valence-corrected chi connectivity index (χ2v) is 5.26. The zero-order valence-electron chi connectivity index (χ0n) is 11.8. The van der Waals surface area contributed by atoms with Gasteiger partial charge in [0.1, 0.15) is 11.5 Å². The minimum Gasteiger partial charge on any atom is -0.508 e. The van der Waals surface area contributed by atoms with E-state index in [4.69, 9.17) is 4.74 Å². The summed E-state index contributed by atoms with van der Waals surface area (Å²) in [6.07, 6.45) is 2.76. The monoisotopic (exact) mass is 266 g/mol. The number of hydrogen-bond acceptors (Lipinski definition) is 2. The molecule has 0 saturated heterocycles. The minimum absolute atomic E-state index is 0.143. The summed E-state index contributed by atoms with van der Waals surface area (Å²) in [6.45, 7) is 6.01. The standard InChI is InChI=1S/C18H18O2/c1-4-12-9-13-10-14(20-3)6-7-15(13)17-11(2)5-8-16(19)18(12)17/h4-8,10,12,19H,1,9H2,2-3H3/t12-/m1/s1. The first-order valence-electron chi connectivity index (χ1n) is 6.78. The first-order valence-corrected chi connectivity index (χ1v) is 6.78. The van der Waals surface area contributed by atoms with Crippen LogP contribution in [0.4, 0.5) is 0 Å². The lowest BCUT2D eigenvalue weighted by molar-refractivity contribution is 0.414. The van der Waals surface area contributed by atoms with Crippen LogP contribution in [0.5, 0.6) is 11.5 Å². The van der Waals surface area contributed by atoms with Crippen LogP contribution in [0, 0.1) is 6.92 Å². The van der Waals surface area contributed by atoms with Crippen molar-refractivity contribution in [2.75, 3.05) is 7.11 Å². The molecule has 0 saturated carbocycles. The fourth-order valence-corrected chi connectivity index (χ4v) is 3.10. The number of phenols is 1. The van der Waals surface area contributed by atoms with E-state index in [9.17, 15) is 5.11 Å². The second kappa shape index (κ2) is 4.71. The Hall–Kier alpha value is -2.22. The highest BCUT2D eigenvalue weighted by Crippen LogP contribution is 2.46. The molecule has 2 aromatic rings. The number of hydrogen-bond donors (Lipinski definition) is 1. The lowest BCUT2D eigenvalue weighted by Crippen LogP contribution is -2.11. The van der Waals surface area contributed by atoms with Gasteiger partial charge in [-0.3, -0.25) is 0 Å². The third-order valence-electron chi connectivity index (χ3n) is 4.11. The Balaban J connectivity index is 2.31. The SMILES string of the molecule is C=C[C@@H]1Cc2cc(OC)ccc2-c2c(C)ccc(O)c21. The molecule has 0 aliphatic heterocycles. The highest BCUT2D eigenvalue weighted by molar-refractivity contribution is 5.80. The highest BCUT2D eigenvalue weighted by Gasteiger charge is 2.27. The molecule has 102 valence electrons. The largest absolute Gasteiger partial charge is 0.508 e. The predicted octanol–water partition coefficient (Wildman–Crippen LogP) is 4.20. The molecule has 0 bridgehead atoms. The van der Waals surface area contributed by atoms with Crippen LogP contribution in [0.15, 0.2) is 43.0 Å². The molecule has 0 unspecified atom stereocenters. The highest BCUT2D eigenvalue weighted by atomic mass is 16.5. The van der Waals surface area contributed by atoms with Gasteiger partial charge in [-0.2, -0.15) is 0 Å². The molecule has 0 fully saturated rings. The van der Waals surface area contributed by atoms with Gasteiger partial charge in [-0.15, -0.1) is 6.58 Å². The molecule has 1 atom stereocenters. The van der Waals surface area contributed by atoms with Crippen molar-refractivity contribution in [1.29, 1.82) is 0 Å². The van der Waals surface area contributed by atoms with E-state index in [1.807, 2.05) is 18.2 Å². The number of allylic oxidation sites excluding steroid dienone is 1. The van der Waals surface area contributed by atoms with Gasteiger partial charge in [0.05, 0.1) is 7.11 Å². The van der Waals surface area contributed by atoms with E-state index in [1.165, 1.54) is 16.7 Å². The smallest absolute Gasteiger partial charge is 0.120 e. The summed E-state index contributed by atoms with van der Waals surface area (Å²) in [5.74, 6) is 1.37.